The van der Waals surface area contributed by atoms with Crippen LogP contribution in [0.2, 0.25) is 0 Å². The fourth-order valence-corrected chi connectivity index (χ4v) is 11.5. The SMILES string of the molecule is CC(C)=CC/C=C(\C)[C@H]1CC[C@]2(C)[C@H]1[C@H](O)C[C@H]1[C@@]3(C)CC[C@H](O[C@H]4O[C@@H](CO)[C@H](O)[C@@H](O)[C@@H]4O)C(C)(C)[C@H]3CC[C@]12C. The second-order valence-corrected chi connectivity index (χ2v) is 16.6. The van der Waals surface area contributed by atoms with E-state index in [4.69, 9.17) is 9.47 Å². The standard InChI is InChI=1S/C36H60O7/c1-20(2)10-9-11-21(3)22-12-16-36(8)28(22)23(38)18-26-34(6)15-14-27(33(4,5)25(34)13-17-35(26,36)7)43-32-31(41)30(40)29(39)24(19-37)42-32/h10-11,22-32,37-41H,9,12-19H2,1-8H3/b21-11+/t22-,23-,24+,25-,26+,27+,28-,29+,30-,31+,32-,34+,35-,36-/m1/s1. The van der Waals surface area contributed by atoms with Gasteiger partial charge in [-0.25, -0.2) is 0 Å². The minimum Gasteiger partial charge on any atom is -0.394 e. The van der Waals surface area contributed by atoms with Crippen LogP contribution in [0, 0.1) is 45.3 Å². The van der Waals surface area contributed by atoms with E-state index in [1.54, 1.807) is 0 Å². The molecule has 1 aliphatic heterocycles. The molecule has 0 aromatic rings. The molecule has 4 saturated carbocycles. The summed E-state index contributed by atoms with van der Waals surface area (Å²) in [6.07, 6.45) is 5.90. The molecule has 0 bridgehead atoms. The van der Waals surface area contributed by atoms with E-state index >= 15 is 0 Å². The van der Waals surface area contributed by atoms with Gasteiger partial charge in [0.15, 0.2) is 6.29 Å². The fourth-order valence-electron chi connectivity index (χ4n) is 11.5. The number of aliphatic hydroxyl groups excluding tert-OH is 5. The number of ether oxygens (including phenoxy) is 2. The zero-order chi connectivity index (χ0) is 31.7. The van der Waals surface area contributed by atoms with Crippen LogP contribution in [0.4, 0.5) is 0 Å². The zero-order valence-corrected chi connectivity index (χ0v) is 27.9. The highest BCUT2D eigenvalue weighted by Gasteiger charge is 2.70. The molecular weight excluding hydrogens is 544 g/mol. The van der Waals surface area contributed by atoms with E-state index < -0.39 is 37.3 Å². The van der Waals surface area contributed by atoms with Gasteiger partial charge in [0.25, 0.3) is 0 Å². The minimum atomic E-state index is -1.44. The largest absolute Gasteiger partial charge is 0.394 e. The van der Waals surface area contributed by atoms with Gasteiger partial charge in [0.2, 0.25) is 0 Å². The van der Waals surface area contributed by atoms with Crippen LogP contribution < -0.4 is 0 Å². The van der Waals surface area contributed by atoms with Crippen LogP contribution >= 0.6 is 0 Å². The summed E-state index contributed by atoms with van der Waals surface area (Å²) < 4.78 is 12.2. The molecule has 0 spiro atoms. The van der Waals surface area contributed by atoms with Gasteiger partial charge in [-0.15, -0.1) is 0 Å². The van der Waals surface area contributed by atoms with Crippen molar-refractivity contribution in [3.63, 3.8) is 0 Å². The van der Waals surface area contributed by atoms with Gasteiger partial charge in [-0.1, -0.05) is 57.9 Å². The van der Waals surface area contributed by atoms with Crippen LogP contribution in [0.15, 0.2) is 23.3 Å². The summed E-state index contributed by atoms with van der Waals surface area (Å²) in [5, 5.41) is 52.9. The number of aliphatic hydroxyl groups is 5. The lowest BCUT2D eigenvalue weighted by atomic mass is 9.35. The Balaban J connectivity index is 1.38. The number of hydrogen-bond donors (Lipinski definition) is 5. The van der Waals surface area contributed by atoms with Crippen molar-refractivity contribution in [3.05, 3.63) is 23.3 Å². The topological polar surface area (TPSA) is 120 Å². The van der Waals surface area contributed by atoms with E-state index in [-0.39, 0.29) is 39.8 Å². The number of rotatable bonds is 6. The molecule has 5 aliphatic rings. The first-order valence-electron chi connectivity index (χ1n) is 17.0. The van der Waals surface area contributed by atoms with Crippen molar-refractivity contribution < 1.29 is 35.0 Å². The molecule has 5 rings (SSSR count). The van der Waals surface area contributed by atoms with Crippen LogP contribution in [0.5, 0.6) is 0 Å². The van der Waals surface area contributed by atoms with Crippen molar-refractivity contribution in [1.82, 2.24) is 0 Å². The third-order valence-electron chi connectivity index (χ3n) is 14.0. The molecule has 4 aliphatic carbocycles. The van der Waals surface area contributed by atoms with Crippen LogP contribution in [0.3, 0.4) is 0 Å². The van der Waals surface area contributed by atoms with Gasteiger partial charge in [-0.2, -0.15) is 0 Å². The van der Waals surface area contributed by atoms with Crippen LogP contribution in [-0.2, 0) is 9.47 Å². The predicted molar refractivity (Wildman–Crippen MR) is 167 cm³/mol. The Kier molecular flexibility index (Phi) is 9.19. The first-order chi connectivity index (χ1) is 20.0. The van der Waals surface area contributed by atoms with Crippen molar-refractivity contribution >= 4 is 0 Å². The monoisotopic (exact) mass is 604 g/mol. The van der Waals surface area contributed by atoms with Gasteiger partial charge < -0.3 is 35.0 Å². The quantitative estimate of drug-likeness (QED) is 0.211. The molecule has 1 saturated heterocycles. The highest BCUT2D eigenvalue weighted by atomic mass is 16.7. The second-order valence-electron chi connectivity index (χ2n) is 16.6. The van der Waals surface area contributed by atoms with Gasteiger partial charge in [-0.05, 0) is 117 Å². The Labute approximate surface area is 259 Å². The summed E-state index contributed by atoms with van der Waals surface area (Å²) in [5.41, 5.74) is 2.80. The lowest BCUT2D eigenvalue weighted by molar-refractivity contribution is -0.331. The van der Waals surface area contributed by atoms with E-state index in [2.05, 4.69) is 67.5 Å². The molecule has 0 radical (unpaired) electrons. The molecule has 0 aromatic heterocycles. The lowest BCUT2D eigenvalue weighted by Gasteiger charge is -2.70. The summed E-state index contributed by atoms with van der Waals surface area (Å²) in [6, 6.07) is 0. The lowest BCUT2D eigenvalue weighted by Crippen LogP contribution is -2.67. The maximum atomic E-state index is 12.0. The van der Waals surface area contributed by atoms with E-state index in [1.807, 2.05) is 0 Å². The van der Waals surface area contributed by atoms with Crippen molar-refractivity contribution in [3.8, 4) is 0 Å². The van der Waals surface area contributed by atoms with Crippen molar-refractivity contribution in [2.45, 2.75) is 150 Å². The van der Waals surface area contributed by atoms with Crippen LogP contribution in [0.1, 0.15) is 107 Å². The van der Waals surface area contributed by atoms with Gasteiger partial charge in [-0.3, -0.25) is 0 Å². The highest BCUT2D eigenvalue weighted by Crippen LogP contribution is 2.75. The Hall–Kier alpha value is -0.800. The predicted octanol–water partition coefficient (Wildman–Crippen LogP) is 5.13. The molecular formula is C36H60O7. The van der Waals surface area contributed by atoms with Gasteiger partial charge in [0.1, 0.15) is 24.4 Å². The summed E-state index contributed by atoms with van der Waals surface area (Å²) >= 11 is 0. The third kappa shape index (κ3) is 5.21. The molecule has 14 atom stereocenters. The molecule has 1 heterocycles. The molecule has 5 fully saturated rings. The summed E-state index contributed by atoms with van der Waals surface area (Å²) in [7, 11) is 0. The smallest absolute Gasteiger partial charge is 0.186 e. The van der Waals surface area contributed by atoms with E-state index in [9.17, 15) is 25.5 Å². The first-order valence-corrected chi connectivity index (χ1v) is 17.0. The molecule has 7 heteroatoms. The first kappa shape index (κ1) is 33.6. The van der Waals surface area contributed by atoms with Crippen molar-refractivity contribution in [2.24, 2.45) is 45.3 Å². The molecule has 5 N–H and O–H groups in total. The number of fused-ring (bicyclic) bond motifs is 5. The van der Waals surface area contributed by atoms with Gasteiger partial charge in [0.05, 0.1) is 18.8 Å². The molecule has 0 aromatic carbocycles. The average molecular weight is 605 g/mol. The molecule has 246 valence electrons. The van der Waals surface area contributed by atoms with Crippen molar-refractivity contribution in [1.29, 1.82) is 0 Å². The molecule has 7 nitrogen and oxygen atoms in total. The number of allylic oxidation sites excluding steroid dienone is 4. The normalized spacial score (nSPS) is 51.3. The maximum absolute atomic E-state index is 12.0. The van der Waals surface area contributed by atoms with E-state index in [1.165, 1.54) is 11.1 Å². The van der Waals surface area contributed by atoms with Crippen LogP contribution in [-0.4, -0.2) is 75.1 Å². The molecule has 43 heavy (non-hydrogen) atoms. The maximum Gasteiger partial charge on any atom is 0.186 e. The Morgan fingerprint density at radius 3 is 2.14 bits per heavy atom. The van der Waals surface area contributed by atoms with Crippen LogP contribution in [0.25, 0.3) is 0 Å². The summed E-state index contributed by atoms with van der Waals surface area (Å²) in [4.78, 5) is 0. The summed E-state index contributed by atoms with van der Waals surface area (Å²) in [6.45, 7) is 18.2. The average Bonchev–Trinajstić information content (AvgIpc) is 3.31. The van der Waals surface area contributed by atoms with Gasteiger partial charge in [0, 0.05) is 0 Å². The fraction of sp³-hybridized carbons (Fsp3) is 0.889. The Morgan fingerprint density at radius 2 is 1.49 bits per heavy atom. The van der Waals surface area contributed by atoms with E-state index in [0.29, 0.717) is 17.8 Å². The second kappa shape index (κ2) is 11.8. The van der Waals surface area contributed by atoms with E-state index in [0.717, 1.165) is 51.4 Å². The molecule has 0 amide bonds. The Morgan fingerprint density at radius 1 is 0.814 bits per heavy atom. The van der Waals surface area contributed by atoms with Gasteiger partial charge >= 0.3 is 0 Å². The van der Waals surface area contributed by atoms with Crippen molar-refractivity contribution in [2.75, 3.05) is 6.61 Å². The Bertz CT molecular complexity index is 1080. The zero-order valence-electron chi connectivity index (χ0n) is 27.9. The molecule has 0 unspecified atom stereocenters. The number of hydrogen-bond acceptors (Lipinski definition) is 7. The third-order valence-corrected chi connectivity index (χ3v) is 14.0. The minimum absolute atomic E-state index is 0.0348. The summed E-state index contributed by atoms with van der Waals surface area (Å²) in [5.74, 6) is 1.48. The highest BCUT2D eigenvalue weighted by molar-refractivity contribution is 5.23.